The number of nitrogens with zero attached hydrogens (tertiary/aromatic N) is 4. The highest BCUT2D eigenvalue weighted by Crippen LogP contribution is 2.41. The summed E-state index contributed by atoms with van der Waals surface area (Å²) in [5, 5.41) is 21.6. The van der Waals surface area contributed by atoms with E-state index in [9.17, 15) is 5.11 Å². The number of hydrogen-bond donors (Lipinski definition) is 2. The number of rotatable bonds is 5. The number of fused-ring (bicyclic) bond motifs is 1. The fourth-order valence-electron chi connectivity index (χ4n) is 4.39. The quantitative estimate of drug-likeness (QED) is 0.315. The molecule has 6 nitrogen and oxygen atoms in total. The van der Waals surface area contributed by atoms with Gasteiger partial charge in [-0.15, -0.1) is 5.10 Å². The molecule has 0 bridgehead atoms. The van der Waals surface area contributed by atoms with Gasteiger partial charge >= 0.3 is 0 Å². The third-order valence-corrected chi connectivity index (χ3v) is 5.86. The second kappa shape index (κ2) is 9.18. The minimum absolute atomic E-state index is 0.241. The van der Waals surface area contributed by atoms with E-state index < -0.39 is 5.54 Å². The average molecular weight is 446 g/mol. The summed E-state index contributed by atoms with van der Waals surface area (Å²) in [5.74, 6) is 6.36. The summed E-state index contributed by atoms with van der Waals surface area (Å²) in [7, 11) is 1.81. The van der Waals surface area contributed by atoms with Crippen molar-refractivity contribution in [1.29, 1.82) is 0 Å². The Labute approximate surface area is 197 Å². The molecular formula is C28H23N5O. The van der Waals surface area contributed by atoms with Crippen LogP contribution in [0.4, 0.5) is 5.82 Å². The average Bonchev–Trinajstić information content (AvgIpc) is 3.34. The van der Waals surface area contributed by atoms with Gasteiger partial charge in [0, 0.05) is 7.05 Å². The monoisotopic (exact) mass is 445 g/mol. The number of pyridine rings is 1. The summed E-state index contributed by atoms with van der Waals surface area (Å²) < 4.78 is 1.88. The first-order valence-corrected chi connectivity index (χ1v) is 11.0. The molecule has 0 fully saturated rings. The lowest BCUT2D eigenvalue weighted by molar-refractivity contribution is 0.350. The van der Waals surface area contributed by atoms with Crippen molar-refractivity contribution in [2.24, 2.45) is 0 Å². The van der Waals surface area contributed by atoms with Gasteiger partial charge in [-0.2, -0.15) is 0 Å². The molecule has 3 aromatic carbocycles. The number of nitrogens with one attached hydrogen (secondary N) is 1. The van der Waals surface area contributed by atoms with Crippen LogP contribution in [0.3, 0.4) is 0 Å². The minimum atomic E-state index is -0.834. The molecule has 0 saturated heterocycles. The van der Waals surface area contributed by atoms with E-state index in [1.165, 1.54) is 0 Å². The van der Waals surface area contributed by atoms with Crippen molar-refractivity contribution in [3.8, 4) is 11.8 Å². The Bertz CT molecular complexity index is 1370. The van der Waals surface area contributed by atoms with E-state index in [-0.39, 0.29) is 6.61 Å². The summed E-state index contributed by atoms with van der Waals surface area (Å²) in [6.45, 7) is -0.241. The molecule has 0 saturated carbocycles. The van der Waals surface area contributed by atoms with Crippen LogP contribution < -0.4 is 5.32 Å². The van der Waals surface area contributed by atoms with Gasteiger partial charge in [-0.1, -0.05) is 108 Å². The lowest BCUT2D eigenvalue weighted by atomic mass is 9.77. The topological polar surface area (TPSA) is 75.9 Å². The van der Waals surface area contributed by atoms with Gasteiger partial charge in [-0.05, 0) is 22.8 Å². The first-order valence-electron chi connectivity index (χ1n) is 11.0. The molecule has 0 aliphatic rings. The maximum atomic E-state index is 9.26. The number of aliphatic hydroxyl groups is 1. The van der Waals surface area contributed by atoms with Crippen LogP contribution >= 0.6 is 0 Å². The summed E-state index contributed by atoms with van der Waals surface area (Å²) >= 11 is 0. The Morgan fingerprint density at radius 2 is 1.38 bits per heavy atom. The normalized spacial score (nSPS) is 11.1. The zero-order valence-electron chi connectivity index (χ0n) is 18.7. The molecule has 34 heavy (non-hydrogen) atoms. The highest BCUT2D eigenvalue weighted by molar-refractivity contribution is 5.81. The van der Waals surface area contributed by atoms with Crippen LogP contribution in [0.15, 0.2) is 97.1 Å². The number of aliphatic hydroxyl groups excluding tert-OH is 1. The fraction of sp³-hybridized carbons (Fsp3) is 0.107. The lowest BCUT2D eigenvalue weighted by Gasteiger charge is -2.35. The van der Waals surface area contributed by atoms with Crippen LogP contribution in [0, 0.1) is 11.8 Å². The van der Waals surface area contributed by atoms with Crippen molar-refractivity contribution < 1.29 is 5.11 Å². The van der Waals surface area contributed by atoms with E-state index in [1.807, 2.05) is 72.4 Å². The van der Waals surface area contributed by atoms with Gasteiger partial charge in [0.05, 0.1) is 5.56 Å². The van der Waals surface area contributed by atoms with Gasteiger partial charge in [-0.25, -0.2) is 9.67 Å². The number of aromatic nitrogens is 4. The molecular weight excluding hydrogens is 422 g/mol. The molecule has 0 aliphatic carbocycles. The Morgan fingerprint density at radius 1 is 0.853 bits per heavy atom. The zero-order valence-corrected chi connectivity index (χ0v) is 18.7. The van der Waals surface area contributed by atoms with Crippen LogP contribution in [0.1, 0.15) is 22.3 Å². The molecule has 0 spiro atoms. The first kappa shape index (κ1) is 21.4. The van der Waals surface area contributed by atoms with Crippen molar-refractivity contribution in [3.63, 3.8) is 0 Å². The molecule has 2 aromatic heterocycles. The van der Waals surface area contributed by atoms with E-state index >= 15 is 0 Å². The molecule has 2 N–H and O–H groups in total. The largest absolute Gasteiger partial charge is 0.384 e. The molecule has 0 radical (unpaired) electrons. The predicted molar refractivity (Wildman–Crippen MR) is 133 cm³/mol. The third kappa shape index (κ3) is 3.49. The number of hydrogen-bond acceptors (Lipinski definition) is 5. The molecule has 5 aromatic rings. The highest BCUT2D eigenvalue weighted by Gasteiger charge is 2.41. The Hall–Kier alpha value is -4.47. The van der Waals surface area contributed by atoms with Gasteiger partial charge in [0.2, 0.25) is 0 Å². The Balaban J connectivity index is 1.95. The van der Waals surface area contributed by atoms with Crippen LogP contribution in [-0.4, -0.2) is 38.7 Å². The van der Waals surface area contributed by atoms with Crippen molar-refractivity contribution in [3.05, 3.63) is 119 Å². The Kier molecular flexibility index (Phi) is 5.77. The summed E-state index contributed by atoms with van der Waals surface area (Å²) in [6, 6.07) is 32.6. The van der Waals surface area contributed by atoms with Crippen LogP contribution in [0.25, 0.3) is 11.2 Å². The minimum Gasteiger partial charge on any atom is -0.384 e. The van der Waals surface area contributed by atoms with Gasteiger partial charge < -0.3 is 10.4 Å². The van der Waals surface area contributed by atoms with Crippen LogP contribution in [-0.2, 0) is 5.54 Å². The summed E-state index contributed by atoms with van der Waals surface area (Å²) in [6.07, 6.45) is 0. The Morgan fingerprint density at radius 3 is 1.85 bits per heavy atom. The maximum absolute atomic E-state index is 9.26. The molecule has 0 amide bonds. The van der Waals surface area contributed by atoms with E-state index in [0.29, 0.717) is 22.5 Å². The van der Waals surface area contributed by atoms with Gasteiger partial charge in [0.15, 0.2) is 5.65 Å². The molecule has 166 valence electrons. The van der Waals surface area contributed by atoms with Crippen molar-refractivity contribution in [2.75, 3.05) is 19.0 Å². The first-order chi connectivity index (χ1) is 16.8. The number of anilines is 1. The smallest absolute Gasteiger partial charge is 0.183 e. The number of benzene rings is 3. The van der Waals surface area contributed by atoms with Crippen molar-refractivity contribution >= 4 is 17.0 Å². The summed E-state index contributed by atoms with van der Waals surface area (Å²) in [4.78, 5) is 4.86. The lowest BCUT2D eigenvalue weighted by Crippen LogP contribution is -2.38. The van der Waals surface area contributed by atoms with Gasteiger partial charge in [0.1, 0.15) is 23.5 Å². The molecule has 0 aliphatic heterocycles. The molecule has 0 atom stereocenters. The second-order valence-corrected chi connectivity index (χ2v) is 7.75. The van der Waals surface area contributed by atoms with Crippen molar-refractivity contribution in [1.82, 2.24) is 20.0 Å². The van der Waals surface area contributed by atoms with E-state index in [1.54, 1.807) is 0 Å². The fourth-order valence-corrected chi connectivity index (χ4v) is 4.39. The maximum Gasteiger partial charge on any atom is 0.183 e. The van der Waals surface area contributed by atoms with Crippen LogP contribution in [0.2, 0.25) is 0 Å². The third-order valence-electron chi connectivity index (χ3n) is 5.86. The molecule has 0 unspecified atom stereocenters. The van der Waals surface area contributed by atoms with Gasteiger partial charge in [-0.3, -0.25) is 0 Å². The molecule has 2 heterocycles. The van der Waals surface area contributed by atoms with E-state index in [4.69, 9.17) is 4.98 Å². The summed E-state index contributed by atoms with van der Waals surface area (Å²) in [5.41, 5.74) is 4.06. The van der Waals surface area contributed by atoms with E-state index in [2.05, 4.69) is 63.9 Å². The highest BCUT2D eigenvalue weighted by atomic mass is 16.2. The van der Waals surface area contributed by atoms with Crippen LogP contribution in [0.5, 0.6) is 0 Å². The van der Waals surface area contributed by atoms with E-state index in [0.717, 1.165) is 16.7 Å². The second-order valence-electron chi connectivity index (χ2n) is 7.75. The standard InChI is InChI=1S/C28H23N5O/c1-29-25-20-21(12-11-19-34)26-27(30-25)33(32-31-26)28(22-13-5-2-6-14-22,23-15-7-3-8-16-23)24-17-9-4-10-18-24/h2-10,13-18,20,34H,19H2,1H3,(H,29,30). The SMILES string of the molecule is CNc1cc(C#CCO)c2nnn(C(c3ccccc3)(c3ccccc3)c3ccccc3)c2n1. The predicted octanol–water partition coefficient (Wildman–Crippen LogP) is 4.05. The van der Waals surface area contributed by atoms with Gasteiger partial charge in [0.25, 0.3) is 0 Å². The molecule has 5 rings (SSSR count). The zero-order chi connectivity index (χ0) is 23.4. The van der Waals surface area contributed by atoms with Crippen molar-refractivity contribution in [2.45, 2.75) is 5.54 Å². The molecule has 6 heteroatoms.